The molecule has 1 saturated heterocycles. The monoisotopic (exact) mass is 418 g/mol. The number of aliphatic hydroxyl groups excluding tert-OH is 1. The Balaban J connectivity index is 1.43. The van der Waals surface area contributed by atoms with Crippen molar-refractivity contribution in [2.75, 3.05) is 19.6 Å². The van der Waals surface area contributed by atoms with Crippen LogP contribution in [0.1, 0.15) is 38.7 Å². The standard InChI is InChI=1S/C21H27FN4O4/c1-21(2,3)30-20(29)24-14-6-7-25(11-16(14)27)9-12-10-26-17(28)5-4-15-19(26)18(12)13(22)8-23-15/h4-5,8,12,14,16,27H,6-7,9-11H2,1-3H3,(H,24,29)/t12?,14-,16+/m1/s1. The van der Waals surface area contributed by atoms with E-state index in [2.05, 4.69) is 10.3 Å². The molecule has 2 aromatic rings. The lowest BCUT2D eigenvalue weighted by Crippen LogP contribution is -2.55. The van der Waals surface area contributed by atoms with E-state index in [1.165, 1.54) is 12.3 Å². The first-order valence-electron chi connectivity index (χ1n) is 10.2. The number of piperidine rings is 1. The Morgan fingerprint density at radius 2 is 2.13 bits per heavy atom. The topological polar surface area (TPSA) is 96.7 Å². The van der Waals surface area contributed by atoms with Gasteiger partial charge >= 0.3 is 6.09 Å². The smallest absolute Gasteiger partial charge is 0.407 e. The number of pyridine rings is 2. The number of carbonyl (C=O) groups excluding carboxylic acids is 1. The Labute approximate surface area is 173 Å². The normalized spacial score (nSPS) is 24.2. The molecule has 0 bridgehead atoms. The Morgan fingerprint density at radius 3 is 2.83 bits per heavy atom. The van der Waals surface area contributed by atoms with Gasteiger partial charge in [-0.1, -0.05) is 0 Å². The van der Waals surface area contributed by atoms with Gasteiger partial charge in [0.1, 0.15) is 11.4 Å². The number of alkyl carbamates (subject to hydrolysis) is 1. The van der Waals surface area contributed by atoms with Gasteiger partial charge in [-0.25, -0.2) is 9.18 Å². The van der Waals surface area contributed by atoms with E-state index in [0.29, 0.717) is 49.2 Å². The summed E-state index contributed by atoms with van der Waals surface area (Å²) in [7, 11) is 0. The molecule has 2 aliphatic rings. The lowest BCUT2D eigenvalue weighted by molar-refractivity contribution is 0.0186. The van der Waals surface area contributed by atoms with Crippen LogP contribution in [0.4, 0.5) is 9.18 Å². The van der Waals surface area contributed by atoms with Crippen LogP contribution in [-0.4, -0.2) is 63.0 Å². The number of aliphatic hydroxyl groups is 1. The van der Waals surface area contributed by atoms with Gasteiger partial charge in [-0.2, -0.15) is 0 Å². The fourth-order valence-electron chi connectivity index (χ4n) is 4.40. The predicted octanol–water partition coefficient (Wildman–Crippen LogP) is 1.59. The minimum absolute atomic E-state index is 0.168. The molecule has 8 nitrogen and oxygen atoms in total. The van der Waals surface area contributed by atoms with Crippen molar-refractivity contribution < 1.29 is 19.0 Å². The van der Waals surface area contributed by atoms with Gasteiger partial charge in [0.05, 0.1) is 29.4 Å². The van der Waals surface area contributed by atoms with Crippen LogP contribution in [0.3, 0.4) is 0 Å². The summed E-state index contributed by atoms with van der Waals surface area (Å²) in [5.41, 5.74) is 0.911. The molecule has 0 aromatic carbocycles. The quantitative estimate of drug-likeness (QED) is 0.786. The highest BCUT2D eigenvalue weighted by Gasteiger charge is 2.34. The summed E-state index contributed by atoms with van der Waals surface area (Å²) in [4.78, 5) is 30.4. The number of carbonyl (C=O) groups is 1. The summed E-state index contributed by atoms with van der Waals surface area (Å²) in [6.07, 6.45) is 0.442. The van der Waals surface area contributed by atoms with E-state index in [4.69, 9.17) is 4.74 Å². The van der Waals surface area contributed by atoms with Crippen molar-refractivity contribution in [3.05, 3.63) is 40.1 Å². The average Bonchev–Trinajstić information content (AvgIpc) is 3.02. The highest BCUT2D eigenvalue weighted by atomic mass is 19.1. The van der Waals surface area contributed by atoms with E-state index in [0.717, 1.165) is 0 Å². The van der Waals surface area contributed by atoms with Crippen LogP contribution < -0.4 is 10.9 Å². The van der Waals surface area contributed by atoms with E-state index < -0.39 is 29.7 Å². The second-order valence-corrected chi connectivity index (χ2v) is 9.10. The van der Waals surface area contributed by atoms with Crippen LogP contribution in [0.5, 0.6) is 0 Å². The molecule has 2 aliphatic heterocycles. The molecular weight excluding hydrogens is 391 g/mol. The first kappa shape index (κ1) is 20.7. The van der Waals surface area contributed by atoms with Crippen LogP contribution in [0, 0.1) is 5.82 Å². The number of rotatable bonds is 3. The highest BCUT2D eigenvalue weighted by Crippen LogP contribution is 2.34. The number of hydrogen-bond acceptors (Lipinski definition) is 6. The Morgan fingerprint density at radius 1 is 1.37 bits per heavy atom. The van der Waals surface area contributed by atoms with Crippen molar-refractivity contribution in [2.45, 2.75) is 57.4 Å². The second kappa shape index (κ2) is 7.63. The Bertz CT molecular complexity index is 1030. The maximum atomic E-state index is 14.6. The molecule has 1 unspecified atom stereocenters. The molecule has 0 spiro atoms. The van der Waals surface area contributed by atoms with Gasteiger partial charge in [0.15, 0.2) is 0 Å². The van der Waals surface area contributed by atoms with Crippen molar-refractivity contribution in [1.29, 1.82) is 0 Å². The molecule has 2 aromatic heterocycles. The largest absolute Gasteiger partial charge is 0.444 e. The highest BCUT2D eigenvalue weighted by molar-refractivity contribution is 5.80. The first-order chi connectivity index (χ1) is 14.1. The van der Waals surface area contributed by atoms with Gasteiger partial charge < -0.3 is 19.7 Å². The third-order valence-corrected chi connectivity index (χ3v) is 5.65. The number of nitrogens with one attached hydrogen (secondary N) is 1. The lowest BCUT2D eigenvalue weighted by Gasteiger charge is -2.37. The van der Waals surface area contributed by atoms with Gasteiger partial charge in [0.2, 0.25) is 0 Å². The number of β-amino-alcohol motifs (C(OH)–C–C–N with tert-alkyl or cyclic N) is 1. The first-order valence-corrected chi connectivity index (χ1v) is 10.2. The fourth-order valence-corrected chi connectivity index (χ4v) is 4.40. The number of hydrogen-bond donors (Lipinski definition) is 2. The molecule has 9 heteroatoms. The number of likely N-dealkylation sites (tertiary alicyclic amines) is 1. The molecule has 30 heavy (non-hydrogen) atoms. The van der Waals surface area contributed by atoms with Crippen LogP contribution in [0.25, 0.3) is 11.0 Å². The van der Waals surface area contributed by atoms with Crippen LogP contribution in [0.2, 0.25) is 0 Å². The van der Waals surface area contributed by atoms with E-state index >= 15 is 0 Å². The molecule has 4 rings (SSSR count). The van der Waals surface area contributed by atoms with Crippen molar-refractivity contribution in [3.63, 3.8) is 0 Å². The summed E-state index contributed by atoms with van der Waals surface area (Å²) in [6, 6.07) is 2.68. The van der Waals surface area contributed by atoms with Gasteiger partial charge in [0, 0.05) is 43.7 Å². The molecule has 1 amide bonds. The number of ether oxygens (including phenoxy) is 1. The molecule has 0 radical (unpaired) electrons. The number of aromatic nitrogens is 2. The van der Waals surface area contributed by atoms with Crippen molar-refractivity contribution in [1.82, 2.24) is 19.8 Å². The molecule has 0 aliphatic carbocycles. The van der Waals surface area contributed by atoms with Gasteiger partial charge in [0.25, 0.3) is 5.56 Å². The summed E-state index contributed by atoms with van der Waals surface area (Å²) in [6.45, 7) is 7.23. The third kappa shape index (κ3) is 4.04. The zero-order chi connectivity index (χ0) is 21.6. The van der Waals surface area contributed by atoms with Gasteiger partial charge in [-0.3, -0.25) is 14.7 Å². The minimum atomic E-state index is -0.764. The van der Waals surface area contributed by atoms with Crippen molar-refractivity contribution in [3.8, 4) is 0 Å². The molecule has 1 fully saturated rings. The summed E-state index contributed by atoms with van der Waals surface area (Å²) in [5, 5.41) is 13.3. The van der Waals surface area contributed by atoms with E-state index in [9.17, 15) is 19.1 Å². The summed E-state index contributed by atoms with van der Waals surface area (Å²) < 4.78 is 21.4. The fraction of sp³-hybridized carbons (Fsp3) is 0.571. The van der Waals surface area contributed by atoms with Crippen molar-refractivity contribution >= 4 is 17.1 Å². The number of nitrogens with zero attached hydrogens (tertiary/aromatic N) is 3. The van der Waals surface area contributed by atoms with Crippen LogP contribution in [0.15, 0.2) is 23.1 Å². The van der Waals surface area contributed by atoms with Gasteiger partial charge in [-0.15, -0.1) is 0 Å². The summed E-state index contributed by atoms with van der Waals surface area (Å²) in [5.74, 6) is -0.612. The van der Waals surface area contributed by atoms with Crippen LogP contribution >= 0.6 is 0 Å². The Kier molecular flexibility index (Phi) is 5.27. The third-order valence-electron chi connectivity index (χ3n) is 5.65. The zero-order valence-electron chi connectivity index (χ0n) is 17.4. The molecule has 3 atom stereocenters. The molecule has 4 heterocycles. The lowest BCUT2D eigenvalue weighted by atomic mass is 9.97. The SMILES string of the molecule is CC(C)(C)OC(=O)N[C@@H]1CCN(CC2Cn3c(=O)ccc4ncc(F)c2c43)C[C@@H]1O. The second-order valence-electron chi connectivity index (χ2n) is 9.10. The van der Waals surface area contributed by atoms with Crippen molar-refractivity contribution in [2.24, 2.45) is 0 Å². The van der Waals surface area contributed by atoms with Crippen LogP contribution in [-0.2, 0) is 11.3 Å². The van der Waals surface area contributed by atoms with E-state index in [1.807, 2.05) is 4.90 Å². The molecule has 0 saturated carbocycles. The molecular formula is C21H27FN4O4. The Hall–Kier alpha value is -2.52. The zero-order valence-corrected chi connectivity index (χ0v) is 17.4. The van der Waals surface area contributed by atoms with Gasteiger partial charge in [-0.05, 0) is 33.3 Å². The molecule has 162 valence electrons. The number of halogens is 1. The minimum Gasteiger partial charge on any atom is -0.444 e. The maximum Gasteiger partial charge on any atom is 0.407 e. The van der Waals surface area contributed by atoms with E-state index in [-0.39, 0.29) is 11.5 Å². The number of amides is 1. The molecule has 2 N–H and O–H groups in total. The predicted molar refractivity (Wildman–Crippen MR) is 109 cm³/mol. The average molecular weight is 418 g/mol. The maximum absolute atomic E-state index is 14.6. The van der Waals surface area contributed by atoms with E-state index in [1.54, 1.807) is 31.4 Å². The summed E-state index contributed by atoms with van der Waals surface area (Å²) >= 11 is 0.